The van der Waals surface area contributed by atoms with E-state index >= 15 is 0 Å². The van der Waals surface area contributed by atoms with Crippen LogP contribution in [0.4, 0.5) is 13.2 Å². The molecule has 0 aliphatic carbocycles. The quantitative estimate of drug-likeness (QED) is 0.818. The highest BCUT2D eigenvalue weighted by atomic mass is 79.9. The van der Waals surface area contributed by atoms with Gasteiger partial charge in [0, 0.05) is 22.3 Å². The van der Waals surface area contributed by atoms with Crippen LogP contribution in [0.2, 0.25) is 5.02 Å². The van der Waals surface area contributed by atoms with E-state index < -0.39 is 11.4 Å². The van der Waals surface area contributed by atoms with Crippen LogP contribution in [0.25, 0.3) is 0 Å². The topological polar surface area (TPSA) is 29.1 Å². The summed E-state index contributed by atoms with van der Waals surface area (Å²) in [5, 5.41) is 2.85. The van der Waals surface area contributed by atoms with Gasteiger partial charge in [-0.1, -0.05) is 11.6 Å². The molecular weight excluding hydrogens is 355 g/mol. The number of thioether (sulfide) groups is 1. The molecule has 0 saturated heterocycles. The van der Waals surface area contributed by atoms with Gasteiger partial charge in [0.1, 0.15) is 0 Å². The van der Waals surface area contributed by atoms with Crippen LogP contribution in [0.3, 0.4) is 0 Å². The third kappa shape index (κ3) is 5.49. The van der Waals surface area contributed by atoms with Gasteiger partial charge < -0.3 is 5.32 Å². The molecular formula is C10H8BrClF3NOS. The van der Waals surface area contributed by atoms with Crippen LogP contribution in [-0.4, -0.2) is 23.7 Å². The molecule has 0 unspecified atom stereocenters. The largest absolute Gasteiger partial charge is 0.441 e. The van der Waals surface area contributed by atoms with Crippen molar-refractivity contribution < 1.29 is 18.0 Å². The third-order valence-electron chi connectivity index (χ3n) is 1.84. The molecule has 0 aliphatic rings. The summed E-state index contributed by atoms with van der Waals surface area (Å²) in [5.41, 5.74) is -3.93. The Balaban J connectivity index is 2.43. The van der Waals surface area contributed by atoms with E-state index in [0.717, 1.165) is 0 Å². The predicted molar refractivity (Wildman–Crippen MR) is 70.0 cm³/mol. The van der Waals surface area contributed by atoms with E-state index in [1.54, 1.807) is 0 Å². The van der Waals surface area contributed by atoms with Gasteiger partial charge >= 0.3 is 5.51 Å². The second-order valence-electron chi connectivity index (χ2n) is 3.18. The second-order valence-corrected chi connectivity index (χ2v) is 5.60. The highest BCUT2D eigenvalue weighted by Crippen LogP contribution is 2.29. The predicted octanol–water partition coefficient (Wildman–Crippen LogP) is 4.09. The summed E-state index contributed by atoms with van der Waals surface area (Å²) in [5.74, 6) is -0.653. The first-order valence-corrected chi connectivity index (χ1v) is 6.89. The first-order chi connectivity index (χ1) is 8.29. The lowest BCUT2D eigenvalue weighted by Crippen LogP contribution is -2.26. The molecule has 1 N–H and O–H groups in total. The number of carbonyl (C=O) groups excluding carboxylic acids is 1. The Labute approximate surface area is 119 Å². The zero-order valence-corrected chi connectivity index (χ0v) is 12.0. The fourth-order valence-electron chi connectivity index (χ4n) is 1.07. The van der Waals surface area contributed by atoms with Crippen LogP contribution in [0.15, 0.2) is 22.7 Å². The number of rotatable bonds is 4. The van der Waals surface area contributed by atoms with Crippen LogP contribution in [0.5, 0.6) is 0 Å². The Bertz CT molecular complexity index is 442. The molecule has 18 heavy (non-hydrogen) atoms. The number of hydrogen-bond acceptors (Lipinski definition) is 2. The van der Waals surface area contributed by atoms with Gasteiger partial charge in [0.25, 0.3) is 5.91 Å². The van der Waals surface area contributed by atoms with Gasteiger partial charge in [-0.25, -0.2) is 0 Å². The molecule has 2 nitrogen and oxygen atoms in total. The monoisotopic (exact) mass is 361 g/mol. The maximum absolute atomic E-state index is 11.8. The number of amides is 1. The van der Waals surface area contributed by atoms with E-state index in [0.29, 0.717) is 15.1 Å². The lowest BCUT2D eigenvalue weighted by atomic mass is 10.2. The Kier molecular flexibility index (Phi) is 5.81. The third-order valence-corrected chi connectivity index (χ3v) is 3.78. The summed E-state index contributed by atoms with van der Waals surface area (Å²) in [6.45, 7) is -0.0523. The molecule has 0 radical (unpaired) electrons. The van der Waals surface area contributed by atoms with Gasteiger partial charge in [-0.2, -0.15) is 13.2 Å². The van der Waals surface area contributed by atoms with Crippen LogP contribution >= 0.6 is 39.3 Å². The average molecular weight is 363 g/mol. The molecule has 0 atom stereocenters. The van der Waals surface area contributed by atoms with Crippen LogP contribution < -0.4 is 5.32 Å². The molecule has 1 aromatic rings. The van der Waals surface area contributed by atoms with E-state index in [1.165, 1.54) is 18.2 Å². The number of carbonyl (C=O) groups is 1. The number of alkyl halides is 3. The number of hydrogen-bond donors (Lipinski definition) is 1. The summed E-state index contributed by atoms with van der Waals surface area (Å²) < 4.78 is 36.0. The van der Waals surface area contributed by atoms with E-state index in [2.05, 4.69) is 21.2 Å². The highest BCUT2D eigenvalue weighted by Gasteiger charge is 2.27. The van der Waals surface area contributed by atoms with Crippen molar-refractivity contribution in [3.05, 3.63) is 33.3 Å². The van der Waals surface area contributed by atoms with Crippen molar-refractivity contribution in [3.63, 3.8) is 0 Å². The molecule has 0 aromatic heterocycles. The smallest absolute Gasteiger partial charge is 0.351 e. The minimum Gasteiger partial charge on any atom is -0.351 e. The summed E-state index contributed by atoms with van der Waals surface area (Å²) in [6.07, 6.45) is 0. The normalized spacial score (nSPS) is 11.4. The molecule has 0 heterocycles. The summed E-state index contributed by atoms with van der Waals surface area (Å²) in [7, 11) is 0. The van der Waals surface area contributed by atoms with Crippen molar-refractivity contribution in [1.29, 1.82) is 0 Å². The summed E-state index contributed by atoms with van der Waals surface area (Å²) >= 11 is 8.74. The molecule has 1 aromatic carbocycles. The van der Waals surface area contributed by atoms with Crippen molar-refractivity contribution >= 4 is 45.2 Å². The zero-order valence-electron chi connectivity index (χ0n) is 8.85. The van der Waals surface area contributed by atoms with Crippen molar-refractivity contribution in [2.75, 3.05) is 12.3 Å². The van der Waals surface area contributed by atoms with Gasteiger partial charge in [0.15, 0.2) is 0 Å². The lowest BCUT2D eigenvalue weighted by molar-refractivity contribution is -0.0327. The van der Waals surface area contributed by atoms with Crippen molar-refractivity contribution in [2.24, 2.45) is 0 Å². The Morgan fingerprint density at radius 1 is 1.44 bits per heavy atom. The standard InChI is InChI=1S/C10H8BrClF3NOS/c11-7-5-6(1-2-8(7)12)9(17)16-3-4-18-10(13,14)15/h1-2,5H,3-4H2,(H,16,17). The number of nitrogens with one attached hydrogen (secondary N) is 1. The molecule has 100 valence electrons. The lowest BCUT2D eigenvalue weighted by Gasteiger charge is -2.07. The molecule has 8 heteroatoms. The highest BCUT2D eigenvalue weighted by molar-refractivity contribution is 9.10. The Hall–Kier alpha value is -0.400. The molecule has 0 spiro atoms. The maximum Gasteiger partial charge on any atom is 0.441 e. The first-order valence-electron chi connectivity index (χ1n) is 4.73. The van der Waals surface area contributed by atoms with Crippen molar-refractivity contribution in [3.8, 4) is 0 Å². The van der Waals surface area contributed by atoms with Gasteiger partial charge in [0.05, 0.1) is 5.02 Å². The number of benzene rings is 1. The fourth-order valence-corrected chi connectivity index (χ4v) is 2.00. The minimum atomic E-state index is -4.27. The molecule has 0 fully saturated rings. The first kappa shape index (κ1) is 15.7. The van der Waals surface area contributed by atoms with E-state index in [1.807, 2.05) is 0 Å². The molecule has 1 amide bonds. The molecule has 0 aliphatic heterocycles. The SMILES string of the molecule is O=C(NCCSC(F)(F)F)c1ccc(Cl)c(Br)c1. The summed E-state index contributed by atoms with van der Waals surface area (Å²) in [4.78, 5) is 11.6. The minimum absolute atomic E-state index is 0.0523. The van der Waals surface area contributed by atoms with Gasteiger partial charge in [-0.05, 0) is 45.9 Å². The average Bonchev–Trinajstić information content (AvgIpc) is 2.26. The molecule has 0 bridgehead atoms. The van der Waals surface area contributed by atoms with E-state index in [4.69, 9.17) is 11.6 Å². The maximum atomic E-state index is 11.8. The van der Waals surface area contributed by atoms with Gasteiger partial charge in [-0.15, -0.1) is 0 Å². The van der Waals surface area contributed by atoms with E-state index in [9.17, 15) is 18.0 Å². The van der Waals surface area contributed by atoms with E-state index in [-0.39, 0.29) is 24.1 Å². The molecule has 0 saturated carbocycles. The van der Waals surface area contributed by atoms with Crippen LogP contribution in [0.1, 0.15) is 10.4 Å². The van der Waals surface area contributed by atoms with Gasteiger partial charge in [0.2, 0.25) is 0 Å². The van der Waals surface area contributed by atoms with Crippen LogP contribution in [-0.2, 0) is 0 Å². The van der Waals surface area contributed by atoms with Gasteiger partial charge in [-0.3, -0.25) is 4.79 Å². The fraction of sp³-hybridized carbons (Fsp3) is 0.300. The van der Waals surface area contributed by atoms with Crippen LogP contribution in [0, 0.1) is 0 Å². The molecule has 1 rings (SSSR count). The van der Waals surface area contributed by atoms with Crippen molar-refractivity contribution in [1.82, 2.24) is 5.32 Å². The van der Waals surface area contributed by atoms with Crippen molar-refractivity contribution in [2.45, 2.75) is 5.51 Å². The zero-order chi connectivity index (χ0) is 13.8. The number of halogens is 5. The summed E-state index contributed by atoms with van der Waals surface area (Å²) in [6, 6.07) is 4.54. The Morgan fingerprint density at radius 2 is 2.11 bits per heavy atom. The second kappa shape index (κ2) is 6.68. The Morgan fingerprint density at radius 3 is 2.67 bits per heavy atom.